The minimum Gasteiger partial charge on any atom is -0.147 e. The van der Waals surface area contributed by atoms with Crippen molar-refractivity contribution < 1.29 is 0 Å². The van der Waals surface area contributed by atoms with Crippen molar-refractivity contribution in [2.24, 2.45) is 0 Å². The third-order valence-corrected chi connectivity index (χ3v) is 7.64. The number of unbranched alkanes of at least 4 members (excludes halogenated alkanes) is 2. The van der Waals surface area contributed by atoms with Crippen LogP contribution in [0.1, 0.15) is 74.6 Å². The molecule has 3 aliphatic carbocycles. The minimum atomic E-state index is 0. The van der Waals surface area contributed by atoms with E-state index in [4.69, 9.17) is 0 Å². The maximum absolute atomic E-state index is 2.49. The van der Waals surface area contributed by atoms with Gasteiger partial charge in [-0.2, -0.15) is 0 Å². The topological polar surface area (TPSA) is 0 Å². The Hall–Kier alpha value is -2.02. The quantitative estimate of drug-likeness (QED) is 0.302. The molecular weight excluding hydrogens is 443 g/mol. The van der Waals surface area contributed by atoms with Gasteiger partial charge in [0.05, 0.1) is 0 Å². The summed E-state index contributed by atoms with van der Waals surface area (Å²) in [7, 11) is 0. The second-order valence-corrected chi connectivity index (χ2v) is 9.57. The van der Waals surface area contributed by atoms with Crippen molar-refractivity contribution in [1.82, 2.24) is 0 Å². The van der Waals surface area contributed by atoms with E-state index in [1.807, 2.05) is 0 Å². The van der Waals surface area contributed by atoms with Crippen molar-refractivity contribution in [2.45, 2.75) is 69.6 Å². The summed E-state index contributed by atoms with van der Waals surface area (Å²) >= 11 is 0. The Labute approximate surface area is 212 Å². The Bertz CT molecular complexity index is 1080. The fourth-order valence-corrected chi connectivity index (χ4v) is 6.03. The highest BCUT2D eigenvalue weighted by molar-refractivity contribution is 5.85. The molecule has 0 bridgehead atoms. The van der Waals surface area contributed by atoms with E-state index < -0.39 is 0 Å². The van der Waals surface area contributed by atoms with E-state index in [0.717, 1.165) is 6.42 Å². The molecule has 2 aromatic rings. The van der Waals surface area contributed by atoms with Crippen molar-refractivity contribution in [2.75, 3.05) is 0 Å². The highest BCUT2D eigenvalue weighted by Gasteiger charge is 2.40. The van der Waals surface area contributed by atoms with Gasteiger partial charge in [0.15, 0.2) is 0 Å². The number of fused-ring (bicyclic) bond motifs is 3. The Morgan fingerprint density at radius 1 is 0.667 bits per heavy atom. The number of rotatable bonds is 8. The Morgan fingerprint density at radius 2 is 1.24 bits per heavy atom. The Balaban J connectivity index is 0.00000153. The molecule has 0 spiro atoms. The van der Waals surface area contributed by atoms with E-state index in [1.165, 1.54) is 60.8 Å². The summed E-state index contributed by atoms with van der Waals surface area (Å²) in [5.41, 5.74) is 9.10. The summed E-state index contributed by atoms with van der Waals surface area (Å²) < 4.78 is 0. The van der Waals surface area contributed by atoms with Crippen LogP contribution in [0.2, 0.25) is 0 Å². The van der Waals surface area contributed by atoms with Crippen molar-refractivity contribution in [1.29, 1.82) is 0 Å². The average Bonchev–Trinajstić information content (AvgIpc) is 3.55. The molecule has 0 heterocycles. The molecule has 0 aliphatic heterocycles. The second kappa shape index (κ2) is 10.5. The van der Waals surface area contributed by atoms with E-state index in [-0.39, 0.29) is 35.6 Å². The van der Waals surface area contributed by atoms with Gasteiger partial charge in [-0.05, 0) is 52.6 Å². The maximum atomic E-state index is 2.49. The summed E-state index contributed by atoms with van der Waals surface area (Å²) in [6, 6.07) is 13.9. The van der Waals surface area contributed by atoms with Crippen molar-refractivity contribution >= 4 is 24.8 Å². The summed E-state index contributed by atoms with van der Waals surface area (Å²) in [6.45, 7) is 4.62. The predicted octanol–water partition coefficient (Wildman–Crippen LogP) is 9.21. The number of allylic oxidation sites excluding steroid dienone is 8. The lowest BCUT2D eigenvalue weighted by atomic mass is 9.66. The number of hydrogen-bond donors (Lipinski definition) is 0. The number of hydrogen-bond acceptors (Lipinski definition) is 0. The standard InChI is InChI=1S/C31H34.2ClH/c1-3-5-17-30(19-9-10-20-30)28-16-15-26-25-14-8-7-13-24(25)23-27(26)29(28)31(18-6-4-2)21-11-12-22-31;;/h7-16,19-22H,3-6,17-18,23H2,1-2H3;2*1H. The normalized spacial score (nSPS) is 17.5. The van der Waals surface area contributed by atoms with E-state index in [2.05, 4.69) is 98.9 Å². The largest absolute Gasteiger partial charge is 0.147 e. The molecule has 0 aromatic heterocycles. The molecule has 0 radical (unpaired) electrons. The average molecular weight is 480 g/mol. The molecule has 0 unspecified atom stereocenters. The van der Waals surface area contributed by atoms with Crippen molar-refractivity contribution in [3.05, 3.63) is 107 Å². The summed E-state index contributed by atoms with van der Waals surface area (Å²) in [5, 5.41) is 0. The summed E-state index contributed by atoms with van der Waals surface area (Å²) in [4.78, 5) is 0. The lowest BCUT2D eigenvalue weighted by Gasteiger charge is -2.37. The first-order valence-electron chi connectivity index (χ1n) is 12.2. The molecule has 2 aromatic carbocycles. The molecular formula is C31H36Cl2. The molecule has 0 fully saturated rings. The molecule has 0 saturated heterocycles. The fraction of sp³-hybridized carbons (Fsp3) is 0.355. The molecule has 174 valence electrons. The molecule has 5 rings (SSSR count). The Kier molecular flexibility index (Phi) is 8.14. The van der Waals surface area contributed by atoms with Crippen LogP contribution >= 0.6 is 24.8 Å². The molecule has 0 nitrogen and oxygen atoms in total. The van der Waals surface area contributed by atoms with Crippen LogP contribution in [-0.4, -0.2) is 0 Å². The van der Waals surface area contributed by atoms with Gasteiger partial charge < -0.3 is 0 Å². The molecule has 0 saturated carbocycles. The molecule has 0 amide bonds. The highest BCUT2D eigenvalue weighted by Crippen LogP contribution is 2.51. The van der Waals surface area contributed by atoms with Gasteiger partial charge in [0.1, 0.15) is 0 Å². The molecule has 2 heteroatoms. The monoisotopic (exact) mass is 478 g/mol. The van der Waals surface area contributed by atoms with Gasteiger partial charge in [-0.1, -0.05) is 125 Å². The molecule has 33 heavy (non-hydrogen) atoms. The smallest absolute Gasteiger partial charge is 0.0324 e. The second-order valence-electron chi connectivity index (χ2n) is 9.57. The first kappa shape index (κ1) is 25.6. The van der Waals surface area contributed by atoms with Gasteiger partial charge in [-0.15, -0.1) is 24.8 Å². The summed E-state index contributed by atoms with van der Waals surface area (Å²) in [6.07, 6.45) is 27.4. The molecule has 3 aliphatic rings. The third kappa shape index (κ3) is 4.29. The van der Waals surface area contributed by atoms with Crippen LogP contribution in [0.15, 0.2) is 85.0 Å². The zero-order chi connectivity index (χ0) is 21.3. The number of benzene rings is 2. The van der Waals surface area contributed by atoms with E-state index >= 15 is 0 Å². The van der Waals surface area contributed by atoms with Crippen LogP contribution < -0.4 is 0 Å². The van der Waals surface area contributed by atoms with Crippen LogP contribution in [0.25, 0.3) is 11.1 Å². The van der Waals surface area contributed by atoms with Gasteiger partial charge >= 0.3 is 0 Å². The van der Waals surface area contributed by atoms with Crippen LogP contribution in [0.3, 0.4) is 0 Å². The Morgan fingerprint density at radius 3 is 1.88 bits per heavy atom. The molecule has 0 N–H and O–H groups in total. The van der Waals surface area contributed by atoms with Crippen LogP contribution in [0.4, 0.5) is 0 Å². The number of halogens is 2. The zero-order valence-corrected chi connectivity index (χ0v) is 21.5. The lowest BCUT2D eigenvalue weighted by molar-refractivity contribution is 0.523. The van der Waals surface area contributed by atoms with Crippen molar-refractivity contribution in [3.63, 3.8) is 0 Å². The first-order chi connectivity index (χ1) is 15.2. The maximum Gasteiger partial charge on any atom is 0.0324 e. The van der Waals surface area contributed by atoms with E-state index in [1.54, 1.807) is 11.1 Å². The highest BCUT2D eigenvalue weighted by atomic mass is 35.5. The predicted molar refractivity (Wildman–Crippen MR) is 148 cm³/mol. The van der Waals surface area contributed by atoms with Crippen LogP contribution in [0, 0.1) is 0 Å². The van der Waals surface area contributed by atoms with Gasteiger partial charge in [0.2, 0.25) is 0 Å². The summed E-state index contributed by atoms with van der Waals surface area (Å²) in [5.74, 6) is 0. The lowest BCUT2D eigenvalue weighted by Crippen LogP contribution is -2.30. The van der Waals surface area contributed by atoms with E-state index in [0.29, 0.717) is 0 Å². The van der Waals surface area contributed by atoms with Gasteiger partial charge in [0, 0.05) is 10.8 Å². The van der Waals surface area contributed by atoms with Gasteiger partial charge in [-0.25, -0.2) is 0 Å². The minimum absolute atomic E-state index is 0. The van der Waals surface area contributed by atoms with E-state index in [9.17, 15) is 0 Å². The van der Waals surface area contributed by atoms with Gasteiger partial charge in [-0.3, -0.25) is 0 Å². The zero-order valence-electron chi connectivity index (χ0n) is 19.8. The van der Waals surface area contributed by atoms with Crippen LogP contribution in [0.5, 0.6) is 0 Å². The molecule has 0 atom stereocenters. The van der Waals surface area contributed by atoms with Gasteiger partial charge in [0.25, 0.3) is 0 Å². The first-order valence-corrected chi connectivity index (χ1v) is 12.2. The van der Waals surface area contributed by atoms with Crippen LogP contribution in [-0.2, 0) is 17.3 Å². The third-order valence-electron chi connectivity index (χ3n) is 7.64. The fourth-order valence-electron chi connectivity index (χ4n) is 6.03. The SMILES string of the molecule is CCCCC1(c2ccc3c(c2C2(CCCC)C=CC=C2)Cc2ccccc2-3)C=CC=C1.Cl.Cl. The van der Waals surface area contributed by atoms with Crippen molar-refractivity contribution in [3.8, 4) is 11.1 Å².